The molecule has 0 unspecified atom stereocenters. The lowest BCUT2D eigenvalue weighted by Gasteiger charge is -2.12. The van der Waals surface area contributed by atoms with E-state index in [0.717, 1.165) is 35.6 Å². The fraction of sp³-hybridized carbons (Fsp3) is 0.294. The minimum Gasteiger partial charge on any atom is -0.454 e. The van der Waals surface area contributed by atoms with Gasteiger partial charge in [-0.2, -0.15) is 0 Å². The molecule has 4 nitrogen and oxygen atoms in total. The van der Waals surface area contributed by atoms with Crippen molar-refractivity contribution in [3.8, 4) is 11.5 Å². The zero-order chi connectivity index (χ0) is 14.6. The fourth-order valence-corrected chi connectivity index (χ4v) is 3.07. The molecule has 0 fully saturated rings. The molecular weight excluding hydrogens is 268 g/mol. The first kappa shape index (κ1) is 12.4. The van der Waals surface area contributed by atoms with Gasteiger partial charge in [0.25, 0.3) is 0 Å². The van der Waals surface area contributed by atoms with Crippen LogP contribution in [0.5, 0.6) is 11.5 Å². The molecule has 0 saturated heterocycles. The molecule has 3 aromatic carbocycles. The summed E-state index contributed by atoms with van der Waals surface area (Å²) >= 11 is 0. The summed E-state index contributed by atoms with van der Waals surface area (Å²) in [6, 6.07) is 5.71. The van der Waals surface area contributed by atoms with E-state index in [9.17, 15) is 9.59 Å². The van der Waals surface area contributed by atoms with Crippen LogP contribution in [-0.4, -0.2) is 6.79 Å². The maximum absolute atomic E-state index is 12.0. The summed E-state index contributed by atoms with van der Waals surface area (Å²) in [6.07, 6.45) is 2.88. The smallest absolute Gasteiger partial charge is 0.234 e. The summed E-state index contributed by atoms with van der Waals surface area (Å²) < 4.78 is 10.8. The molecule has 21 heavy (non-hydrogen) atoms. The van der Waals surface area contributed by atoms with E-state index in [1.54, 1.807) is 0 Å². The predicted molar refractivity (Wildman–Crippen MR) is 81.1 cm³/mol. The highest BCUT2D eigenvalue weighted by molar-refractivity contribution is 6.12. The largest absolute Gasteiger partial charge is 0.454 e. The lowest BCUT2D eigenvalue weighted by molar-refractivity contribution is 0.174. The Hall–Kier alpha value is -2.36. The SMILES string of the molecule is CCCCc1cc2cc3c(cc2c2c(=O)c(=O)c12)OCO3. The number of hydrogen-bond acceptors (Lipinski definition) is 4. The van der Waals surface area contributed by atoms with Gasteiger partial charge < -0.3 is 9.47 Å². The second-order valence-corrected chi connectivity index (χ2v) is 5.47. The van der Waals surface area contributed by atoms with Crippen LogP contribution in [0, 0.1) is 0 Å². The van der Waals surface area contributed by atoms with Crippen molar-refractivity contribution in [2.24, 2.45) is 0 Å². The molecule has 0 amide bonds. The van der Waals surface area contributed by atoms with Crippen molar-refractivity contribution in [2.75, 3.05) is 6.79 Å². The molecule has 1 heterocycles. The van der Waals surface area contributed by atoms with Crippen LogP contribution in [0.3, 0.4) is 0 Å². The van der Waals surface area contributed by atoms with Crippen molar-refractivity contribution >= 4 is 21.5 Å². The van der Waals surface area contributed by atoms with Crippen molar-refractivity contribution in [1.29, 1.82) is 0 Å². The van der Waals surface area contributed by atoms with Gasteiger partial charge in [0.15, 0.2) is 11.5 Å². The first-order valence-electron chi connectivity index (χ1n) is 7.19. The van der Waals surface area contributed by atoms with E-state index in [4.69, 9.17) is 9.47 Å². The van der Waals surface area contributed by atoms with Gasteiger partial charge in [0, 0.05) is 10.8 Å². The van der Waals surface area contributed by atoms with Gasteiger partial charge in [0.05, 0.1) is 0 Å². The Kier molecular flexibility index (Phi) is 2.55. The summed E-state index contributed by atoms with van der Waals surface area (Å²) in [5.74, 6) is 1.33. The number of hydrogen-bond donors (Lipinski definition) is 0. The molecule has 0 aliphatic carbocycles. The molecule has 0 spiro atoms. The zero-order valence-corrected chi connectivity index (χ0v) is 11.7. The van der Waals surface area contributed by atoms with Crippen LogP contribution in [0.4, 0.5) is 0 Å². The van der Waals surface area contributed by atoms with E-state index in [2.05, 4.69) is 6.92 Å². The molecule has 4 heteroatoms. The van der Waals surface area contributed by atoms with Crippen molar-refractivity contribution < 1.29 is 9.47 Å². The van der Waals surface area contributed by atoms with Crippen molar-refractivity contribution in [3.63, 3.8) is 0 Å². The van der Waals surface area contributed by atoms with Crippen LogP contribution < -0.4 is 20.3 Å². The number of aryl methyl sites for hydroxylation is 1. The van der Waals surface area contributed by atoms with Crippen LogP contribution in [0.25, 0.3) is 21.5 Å². The number of benzene rings is 2. The molecular formula is C17H14O4. The highest BCUT2D eigenvalue weighted by atomic mass is 16.7. The third kappa shape index (κ3) is 1.62. The summed E-state index contributed by atoms with van der Waals surface area (Å²) in [7, 11) is 0. The second-order valence-electron chi connectivity index (χ2n) is 5.47. The van der Waals surface area contributed by atoms with E-state index in [-0.39, 0.29) is 17.7 Å². The van der Waals surface area contributed by atoms with Crippen LogP contribution >= 0.6 is 0 Å². The van der Waals surface area contributed by atoms with E-state index >= 15 is 0 Å². The van der Waals surface area contributed by atoms with Gasteiger partial charge in [-0.05, 0) is 41.3 Å². The lowest BCUT2D eigenvalue weighted by atomic mass is 9.91. The average Bonchev–Trinajstić information content (AvgIpc) is 2.95. The predicted octanol–water partition coefficient (Wildman–Crippen LogP) is 2.66. The topological polar surface area (TPSA) is 52.6 Å². The molecule has 0 bridgehead atoms. The maximum atomic E-state index is 12.0. The highest BCUT2D eigenvalue weighted by Gasteiger charge is 2.22. The van der Waals surface area contributed by atoms with E-state index in [0.29, 0.717) is 22.3 Å². The van der Waals surface area contributed by atoms with Gasteiger partial charge in [-0.15, -0.1) is 0 Å². The Morgan fingerprint density at radius 1 is 1.00 bits per heavy atom. The number of ether oxygens (including phenoxy) is 2. The zero-order valence-electron chi connectivity index (χ0n) is 11.7. The number of fused-ring (bicyclic) bond motifs is 4. The molecule has 3 aromatic rings. The number of rotatable bonds is 3. The van der Waals surface area contributed by atoms with Gasteiger partial charge in [0.2, 0.25) is 17.7 Å². The molecule has 1 aliphatic rings. The van der Waals surface area contributed by atoms with Crippen LogP contribution in [0.2, 0.25) is 0 Å². The monoisotopic (exact) mass is 282 g/mol. The van der Waals surface area contributed by atoms with Gasteiger partial charge in [-0.1, -0.05) is 19.4 Å². The molecule has 0 aromatic heterocycles. The fourth-order valence-electron chi connectivity index (χ4n) is 3.07. The van der Waals surface area contributed by atoms with Gasteiger partial charge in [0.1, 0.15) is 0 Å². The lowest BCUT2D eigenvalue weighted by Crippen LogP contribution is -2.31. The van der Waals surface area contributed by atoms with Gasteiger partial charge >= 0.3 is 0 Å². The third-order valence-corrected chi connectivity index (χ3v) is 4.17. The quantitative estimate of drug-likeness (QED) is 0.693. The third-order valence-electron chi connectivity index (χ3n) is 4.17. The van der Waals surface area contributed by atoms with Gasteiger partial charge in [-0.25, -0.2) is 0 Å². The van der Waals surface area contributed by atoms with Gasteiger partial charge in [-0.3, -0.25) is 9.59 Å². The van der Waals surface area contributed by atoms with E-state index in [1.807, 2.05) is 18.2 Å². The minimum absolute atomic E-state index is 0.198. The van der Waals surface area contributed by atoms with Crippen LogP contribution in [0.15, 0.2) is 27.8 Å². The molecule has 106 valence electrons. The van der Waals surface area contributed by atoms with Crippen LogP contribution in [0.1, 0.15) is 25.3 Å². The Morgan fingerprint density at radius 3 is 2.48 bits per heavy atom. The first-order chi connectivity index (χ1) is 10.2. The normalized spacial score (nSPS) is 13.6. The van der Waals surface area contributed by atoms with E-state index < -0.39 is 0 Å². The highest BCUT2D eigenvalue weighted by Crippen LogP contribution is 2.38. The Bertz CT molecular complexity index is 945. The van der Waals surface area contributed by atoms with Crippen LogP contribution in [-0.2, 0) is 6.42 Å². The van der Waals surface area contributed by atoms with Crippen molar-refractivity contribution in [2.45, 2.75) is 26.2 Å². The molecule has 4 rings (SSSR count). The van der Waals surface area contributed by atoms with E-state index in [1.165, 1.54) is 0 Å². The molecule has 0 saturated carbocycles. The molecule has 0 radical (unpaired) electrons. The maximum Gasteiger partial charge on any atom is 0.234 e. The first-order valence-corrected chi connectivity index (χ1v) is 7.19. The standard InChI is InChI=1S/C17H14O4/c1-2-3-4-9-5-10-6-12-13(21-8-20-12)7-11(10)15-14(9)16(18)17(15)19/h5-7H,2-4,8H2,1H3. The molecule has 0 N–H and O–H groups in total. The summed E-state index contributed by atoms with van der Waals surface area (Å²) in [5, 5.41) is 2.89. The minimum atomic E-state index is -0.382. The summed E-state index contributed by atoms with van der Waals surface area (Å²) in [5.41, 5.74) is 0.241. The van der Waals surface area contributed by atoms with Crippen molar-refractivity contribution in [1.82, 2.24) is 0 Å². The second kappa shape index (κ2) is 4.32. The summed E-state index contributed by atoms with van der Waals surface area (Å²) in [4.78, 5) is 23.9. The summed E-state index contributed by atoms with van der Waals surface area (Å²) in [6.45, 7) is 2.31. The van der Waals surface area contributed by atoms with Crippen molar-refractivity contribution in [3.05, 3.63) is 44.2 Å². The number of unbranched alkanes of at least 4 members (excludes halogenated alkanes) is 1. The Labute approximate surface area is 120 Å². The molecule has 0 atom stereocenters. The average molecular weight is 282 g/mol. The Balaban J connectivity index is 2.06. The molecule has 1 aliphatic heterocycles. The Morgan fingerprint density at radius 2 is 1.71 bits per heavy atom.